The number of anilines is 1. The largest absolute Gasteiger partial charge is 0.495 e. The van der Waals surface area contributed by atoms with Gasteiger partial charge in [0.25, 0.3) is 0 Å². The molecule has 27 heavy (non-hydrogen) atoms. The zero-order valence-electron chi connectivity index (χ0n) is 15.4. The van der Waals surface area contributed by atoms with Crippen LogP contribution in [0.5, 0.6) is 17.2 Å². The van der Waals surface area contributed by atoms with Crippen molar-refractivity contribution in [2.45, 2.75) is 6.54 Å². The summed E-state index contributed by atoms with van der Waals surface area (Å²) in [6.07, 6.45) is 0. The average molecular weight is 386 g/mol. The molecule has 2 aromatic carbocycles. The van der Waals surface area contributed by atoms with Crippen molar-refractivity contribution >= 4 is 23.0 Å². The Morgan fingerprint density at radius 3 is 2.74 bits per heavy atom. The second-order valence-electron chi connectivity index (χ2n) is 6.73. The highest BCUT2D eigenvalue weighted by Crippen LogP contribution is 2.32. The smallest absolute Gasteiger partial charge is 0.231 e. The van der Waals surface area contributed by atoms with E-state index in [0.29, 0.717) is 6.79 Å². The number of quaternary nitrogens is 1. The number of ether oxygens (including phenoxy) is 3. The molecule has 7 heteroatoms. The fraction of sp³-hybridized carbons (Fsp3) is 0.350. The van der Waals surface area contributed by atoms with Gasteiger partial charge in [-0.25, -0.2) is 0 Å². The van der Waals surface area contributed by atoms with Crippen molar-refractivity contribution in [3.8, 4) is 17.2 Å². The quantitative estimate of drug-likeness (QED) is 0.777. The highest BCUT2D eigenvalue weighted by Gasteiger charge is 2.23. The summed E-state index contributed by atoms with van der Waals surface area (Å²) < 4.78 is 16.2. The first-order chi connectivity index (χ1) is 13.2. The van der Waals surface area contributed by atoms with Gasteiger partial charge in [0.05, 0.1) is 39.0 Å². The van der Waals surface area contributed by atoms with Crippen LogP contribution in [0.3, 0.4) is 0 Å². The third-order valence-corrected chi connectivity index (χ3v) is 5.36. The summed E-state index contributed by atoms with van der Waals surface area (Å²) in [6.45, 7) is 5.25. The number of nitrogens with zero attached hydrogens (tertiary/aromatic N) is 1. The normalized spacial score (nSPS) is 16.3. The van der Waals surface area contributed by atoms with Crippen LogP contribution in [0.2, 0.25) is 0 Å². The Hall–Kier alpha value is -2.51. The lowest BCUT2D eigenvalue weighted by molar-refractivity contribution is -0.917. The number of rotatable bonds is 4. The predicted molar refractivity (Wildman–Crippen MR) is 108 cm³/mol. The van der Waals surface area contributed by atoms with Crippen molar-refractivity contribution in [2.24, 2.45) is 0 Å². The van der Waals surface area contributed by atoms with Crippen molar-refractivity contribution < 1.29 is 19.1 Å². The van der Waals surface area contributed by atoms with Gasteiger partial charge in [-0.15, -0.1) is 0 Å². The van der Waals surface area contributed by atoms with E-state index in [0.717, 1.165) is 60.8 Å². The molecule has 0 radical (unpaired) electrons. The molecular weight excluding hydrogens is 362 g/mol. The lowest BCUT2D eigenvalue weighted by Gasteiger charge is -2.34. The van der Waals surface area contributed by atoms with E-state index in [-0.39, 0.29) is 0 Å². The van der Waals surface area contributed by atoms with Gasteiger partial charge in [0.2, 0.25) is 6.79 Å². The molecular formula is C20H24N3O3S+. The lowest BCUT2D eigenvalue weighted by atomic mass is 10.1. The molecule has 142 valence electrons. The van der Waals surface area contributed by atoms with E-state index in [1.54, 1.807) is 12.0 Å². The molecule has 2 aromatic rings. The number of thiocarbonyl (C=S) groups is 1. The summed E-state index contributed by atoms with van der Waals surface area (Å²) in [6, 6.07) is 14.0. The number of piperazine rings is 1. The Bertz CT molecular complexity index is 822. The number of methoxy groups -OCH3 is 1. The van der Waals surface area contributed by atoms with E-state index in [1.807, 2.05) is 30.3 Å². The van der Waals surface area contributed by atoms with Crippen LogP contribution in [0.4, 0.5) is 5.69 Å². The molecule has 2 aliphatic rings. The first kappa shape index (κ1) is 17.9. The van der Waals surface area contributed by atoms with Crippen molar-refractivity contribution in [3.05, 3.63) is 48.0 Å². The summed E-state index contributed by atoms with van der Waals surface area (Å²) in [5.74, 6) is 2.49. The van der Waals surface area contributed by atoms with Crippen LogP contribution in [0.25, 0.3) is 0 Å². The molecule has 0 aliphatic carbocycles. The molecule has 6 nitrogen and oxygen atoms in total. The van der Waals surface area contributed by atoms with Crippen LogP contribution >= 0.6 is 12.2 Å². The van der Waals surface area contributed by atoms with E-state index in [9.17, 15) is 0 Å². The van der Waals surface area contributed by atoms with Crippen LogP contribution in [0.15, 0.2) is 42.5 Å². The molecule has 0 bridgehead atoms. The summed E-state index contributed by atoms with van der Waals surface area (Å²) in [5.41, 5.74) is 2.18. The maximum absolute atomic E-state index is 5.61. The van der Waals surface area contributed by atoms with Gasteiger partial charge in [-0.2, -0.15) is 0 Å². The number of hydrogen-bond acceptors (Lipinski definition) is 4. The Labute approximate surface area is 164 Å². The molecule has 4 rings (SSSR count). The summed E-state index contributed by atoms with van der Waals surface area (Å²) >= 11 is 5.61. The van der Waals surface area contributed by atoms with Crippen molar-refractivity contribution in [1.82, 2.24) is 4.90 Å². The number of hydrogen-bond donors (Lipinski definition) is 2. The second-order valence-corrected chi connectivity index (χ2v) is 7.12. The molecule has 2 N–H and O–H groups in total. The summed E-state index contributed by atoms with van der Waals surface area (Å²) in [5, 5.41) is 4.07. The van der Waals surface area contributed by atoms with Crippen LogP contribution in [0.1, 0.15) is 5.56 Å². The molecule has 2 heterocycles. The Balaban J connectivity index is 1.30. The van der Waals surface area contributed by atoms with Gasteiger partial charge in [0.15, 0.2) is 16.6 Å². The lowest BCUT2D eigenvalue weighted by Crippen LogP contribution is -3.13. The molecule has 0 saturated carbocycles. The van der Waals surface area contributed by atoms with Gasteiger partial charge in [-0.3, -0.25) is 0 Å². The van der Waals surface area contributed by atoms with E-state index >= 15 is 0 Å². The van der Waals surface area contributed by atoms with Crippen LogP contribution in [0, 0.1) is 0 Å². The second kappa shape index (κ2) is 8.02. The molecule has 0 amide bonds. The van der Waals surface area contributed by atoms with Crippen molar-refractivity contribution in [1.29, 1.82) is 0 Å². The van der Waals surface area contributed by atoms with E-state index in [1.165, 1.54) is 5.56 Å². The van der Waals surface area contributed by atoms with Gasteiger partial charge in [-0.05, 0) is 42.5 Å². The minimum atomic E-state index is 0.320. The summed E-state index contributed by atoms with van der Waals surface area (Å²) in [7, 11) is 1.67. The minimum absolute atomic E-state index is 0.320. The third-order valence-electron chi connectivity index (χ3n) is 5.00. The van der Waals surface area contributed by atoms with Gasteiger partial charge in [0.1, 0.15) is 12.3 Å². The number of nitrogens with one attached hydrogen (secondary N) is 2. The highest BCUT2D eigenvalue weighted by atomic mass is 32.1. The molecule has 1 fully saturated rings. The first-order valence-electron chi connectivity index (χ1n) is 9.14. The van der Waals surface area contributed by atoms with E-state index in [4.69, 9.17) is 26.4 Å². The van der Waals surface area contributed by atoms with Crippen molar-refractivity contribution in [2.75, 3.05) is 45.4 Å². The van der Waals surface area contributed by atoms with Crippen LogP contribution < -0.4 is 24.4 Å². The zero-order valence-corrected chi connectivity index (χ0v) is 16.2. The average Bonchev–Trinajstić information content (AvgIpc) is 3.17. The highest BCUT2D eigenvalue weighted by molar-refractivity contribution is 7.80. The molecule has 2 aliphatic heterocycles. The van der Waals surface area contributed by atoms with Gasteiger partial charge < -0.3 is 29.3 Å². The van der Waals surface area contributed by atoms with Gasteiger partial charge in [0, 0.05) is 5.56 Å². The van der Waals surface area contributed by atoms with Gasteiger partial charge >= 0.3 is 0 Å². The fourth-order valence-electron chi connectivity index (χ4n) is 3.48. The third kappa shape index (κ3) is 4.09. The Kier molecular flexibility index (Phi) is 5.31. The number of fused-ring (bicyclic) bond motifs is 1. The number of para-hydroxylation sites is 2. The zero-order chi connectivity index (χ0) is 18.6. The van der Waals surface area contributed by atoms with Gasteiger partial charge in [-0.1, -0.05) is 12.1 Å². The predicted octanol–water partition coefficient (Wildman–Crippen LogP) is 1.52. The summed E-state index contributed by atoms with van der Waals surface area (Å²) in [4.78, 5) is 3.77. The first-order valence-corrected chi connectivity index (χ1v) is 9.55. The monoisotopic (exact) mass is 386 g/mol. The topological polar surface area (TPSA) is 47.4 Å². The van der Waals surface area contributed by atoms with E-state index in [2.05, 4.69) is 22.3 Å². The van der Waals surface area contributed by atoms with Crippen LogP contribution in [-0.4, -0.2) is 50.1 Å². The maximum atomic E-state index is 5.61. The molecule has 1 saturated heterocycles. The maximum Gasteiger partial charge on any atom is 0.231 e. The molecule has 0 aromatic heterocycles. The SMILES string of the molecule is COc1ccccc1NC(=S)N1CC[NH+](Cc2ccc3c(c2)OCO3)CC1. The Morgan fingerprint density at radius 1 is 1.15 bits per heavy atom. The molecule has 0 atom stereocenters. The fourth-order valence-corrected chi connectivity index (χ4v) is 3.78. The van der Waals surface area contributed by atoms with Crippen molar-refractivity contribution in [3.63, 3.8) is 0 Å². The van der Waals surface area contributed by atoms with E-state index < -0.39 is 0 Å². The Morgan fingerprint density at radius 2 is 1.93 bits per heavy atom. The van der Waals surface area contributed by atoms with Crippen LogP contribution in [-0.2, 0) is 6.54 Å². The minimum Gasteiger partial charge on any atom is -0.495 e. The standard InChI is InChI=1S/C20H23N3O3S/c1-24-17-5-3-2-4-16(17)21-20(27)23-10-8-22(9-11-23)13-15-6-7-18-19(12-15)26-14-25-18/h2-7,12H,8-11,13-14H2,1H3,(H,21,27)/p+1. The molecule has 0 unspecified atom stereocenters. The number of benzene rings is 2. The molecule has 0 spiro atoms.